The van der Waals surface area contributed by atoms with Crippen LogP contribution >= 0.6 is 23.1 Å². The number of methoxy groups -OCH3 is 2. The summed E-state index contributed by atoms with van der Waals surface area (Å²) in [5.74, 6) is -1.45. The molecule has 128 valence electrons. The van der Waals surface area contributed by atoms with E-state index in [-0.39, 0.29) is 27.1 Å². The summed E-state index contributed by atoms with van der Waals surface area (Å²) in [4.78, 5) is 43.0. The second-order valence-electron chi connectivity index (χ2n) is 4.47. The maximum absolute atomic E-state index is 12.1. The molecule has 0 aliphatic carbocycles. The highest BCUT2D eigenvalue weighted by molar-refractivity contribution is 7.99. The van der Waals surface area contributed by atoms with Crippen LogP contribution in [0.1, 0.15) is 25.6 Å². The van der Waals surface area contributed by atoms with Crippen LogP contribution in [0.5, 0.6) is 0 Å². The lowest BCUT2D eigenvalue weighted by Gasteiger charge is -2.05. The summed E-state index contributed by atoms with van der Waals surface area (Å²) in [5, 5.41) is 3.50. The third-order valence-corrected chi connectivity index (χ3v) is 5.06. The Morgan fingerprint density at radius 1 is 1.29 bits per heavy atom. The van der Waals surface area contributed by atoms with E-state index < -0.39 is 11.9 Å². The first-order valence-electron chi connectivity index (χ1n) is 6.70. The van der Waals surface area contributed by atoms with Crippen LogP contribution in [0, 0.1) is 6.92 Å². The number of imidazole rings is 1. The highest BCUT2D eigenvalue weighted by Crippen LogP contribution is 2.34. The number of carbonyl (C=O) groups excluding carboxylic acids is 3. The van der Waals surface area contributed by atoms with E-state index in [9.17, 15) is 14.4 Å². The largest absolute Gasteiger partial charge is 0.465 e. The molecule has 10 heteroatoms. The van der Waals surface area contributed by atoms with Crippen LogP contribution in [0.2, 0.25) is 0 Å². The van der Waals surface area contributed by atoms with Gasteiger partial charge in [-0.1, -0.05) is 11.8 Å². The first-order chi connectivity index (χ1) is 11.5. The van der Waals surface area contributed by atoms with Crippen molar-refractivity contribution < 1.29 is 23.9 Å². The van der Waals surface area contributed by atoms with E-state index in [2.05, 4.69) is 15.3 Å². The van der Waals surface area contributed by atoms with Gasteiger partial charge in [0.2, 0.25) is 5.91 Å². The number of nitrogens with one attached hydrogen (secondary N) is 2. The Bertz CT molecular complexity index is 755. The summed E-state index contributed by atoms with van der Waals surface area (Å²) in [5.41, 5.74) is 0.562. The number of esters is 2. The highest BCUT2D eigenvalue weighted by atomic mass is 32.2. The first-order valence-corrected chi connectivity index (χ1v) is 8.50. The molecule has 0 bridgehead atoms. The van der Waals surface area contributed by atoms with Crippen LogP contribution in [0.25, 0.3) is 0 Å². The maximum Gasteiger partial charge on any atom is 0.348 e. The fraction of sp³-hybridized carbons (Fsp3) is 0.286. The van der Waals surface area contributed by atoms with Crippen LogP contribution in [0.3, 0.4) is 0 Å². The van der Waals surface area contributed by atoms with Crippen molar-refractivity contribution in [2.24, 2.45) is 0 Å². The molecule has 24 heavy (non-hydrogen) atoms. The van der Waals surface area contributed by atoms with Gasteiger partial charge in [-0.15, -0.1) is 11.3 Å². The standard InChI is InChI=1S/C14H15N3O5S2/c1-7-9(12(19)21-2)11(24-10(7)13(20)22-3)17-8(18)6-23-14-15-4-5-16-14/h4-5H,6H2,1-3H3,(H,15,16)(H,17,18). The lowest BCUT2D eigenvalue weighted by molar-refractivity contribution is -0.113. The molecule has 2 heterocycles. The van der Waals surface area contributed by atoms with Crippen LogP contribution in [0.15, 0.2) is 17.6 Å². The second kappa shape index (κ2) is 7.97. The zero-order valence-corrected chi connectivity index (χ0v) is 14.8. The number of hydrogen-bond acceptors (Lipinski definition) is 8. The smallest absolute Gasteiger partial charge is 0.348 e. The number of thiophene rings is 1. The Morgan fingerprint density at radius 2 is 2.00 bits per heavy atom. The van der Waals surface area contributed by atoms with Crippen LogP contribution in [-0.2, 0) is 14.3 Å². The normalized spacial score (nSPS) is 10.3. The number of nitrogens with zero attached hydrogens (tertiary/aromatic N) is 1. The zero-order valence-electron chi connectivity index (χ0n) is 13.2. The molecule has 2 aromatic rings. The Labute approximate surface area is 145 Å². The Morgan fingerprint density at radius 3 is 2.58 bits per heavy atom. The van der Waals surface area contributed by atoms with Crippen molar-refractivity contribution in [3.8, 4) is 0 Å². The van der Waals surface area contributed by atoms with Crippen LogP contribution in [0.4, 0.5) is 5.00 Å². The molecular weight excluding hydrogens is 354 g/mol. The fourth-order valence-corrected chi connectivity index (χ4v) is 3.62. The lowest BCUT2D eigenvalue weighted by Crippen LogP contribution is -2.16. The minimum Gasteiger partial charge on any atom is -0.465 e. The van der Waals surface area contributed by atoms with Gasteiger partial charge in [-0.25, -0.2) is 14.6 Å². The Hall–Kier alpha value is -2.33. The molecule has 1 amide bonds. The van der Waals surface area contributed by atoms with E-state index >= 15 is 0 Å². The fourth-order valence-electron chi connectivity index (χ4n) is 1.86. The van der Waals surface area contributed by atoms with Gasteiger partial charge in [-0.05, 0) is 12.5 Å². The van der Waals surface area contributed by atoms with Gasteiger partial charge >= 0.3 is 11.9 Å². The molecule has 0 radical (unpaired) electrons. The predicted molar refractivity (Wildman–Crippen MR) is 89.7 cm³/mol. The molecule has 0 fully saturated rings. The van der Waals surface area contributed by atoms with E-state index in [1.54, 1.807) is 19.3 Å². The molecule has 2 rings (SSSR count). The van der Waals surface area contributed by atoms with Gasteiger partial charge in [-0.3, -0.25) is 4.79 Å². The number of anilines is 1. The van der Waals surface area contributed by atoms with Gasteiger partial charge in [0.25, 0.3) is 0 Å². The van der Waals surface area contributed by atoms with E-state index in [1.807, 2.05) is 0 Å². The van der Waals surface area contributed by atoms with E-state index in [4.69, 9.17) is 9.47 Å². The molecule has 0 saturated heterocycles. The summed E-state index contributed by atoms with van der Waals surface area (Å²) in [6, 6.07) is 0. The molecule has 0 saturated carbocycles. The van der Waals surface area contributed by atoms with Crippen LogP contribution in [-0.4, -0.2) is 47.8 Å². The van der Waals surface area contributed by atoms with Crippen molar-refractivity contribution in [3.63, 3.8) is 0 Å². The minimum absolute atomic E-state index is 0.0959. The second-order valence-corrected chi connectivity index (χ2v) is 6.46. The SMILES string of the molecule is COC(=O)c1sc(NC(=O)CSc2ncc[nH]2)c(C(=O)OC)c1C. The maximum atomic E-state index is 12.1. The number of carbonyl (C=O) groups is 3. The molecule has 0 aliphatic heterocycles. The molecule has 0 aromatic carbocycles. The average Bonchev–Trinajstić information content (AvgIpc) is 3.20. The summed E-state index contributed by atoms with van der Waals surface area (Å²) < 4.78 is 9.42. The van der Waals surface area contributed by atoms with E-state index in [0.717, 1.165) is 11.3 Å². The summed E-state index contributed by atoms with van der Waals surface area (Å²) in [6.45, 7) is 1.60. The Kier molecular flexibility index (Phi) is 5.99. The summed E-state index contributed by atoms with van der Waals surface area (Å²) >= 11 is 2.19. The van der Waals surface area contributed by atoms with Gasteiger partial charge in [-0.2, -0.15) is 0 Å². The number of H-pyrrole nitrogens is 1. The molecule has 0 unspecified atom stereocenters. The van der Waals surface area contributed by atoms with Gasteiger partial charge in [0.05, 0.1) is 25.5 Å². The van der Waals surface area contributed by atoms with Gasteiger partial charge in [0, 0.05) is 12.4 Å². The van der Waals surface area contributed by atoms with Crippen molar-refractivity contribution in [2.75, 3.05) is 25.3 Å². The molecule has 2 aromatic heterocycles. The van der Waals surface area contributed by atoms with Crippen molar-refractivity contribution >= 4 is 45.9 Å². The van der Waals surface area contributed by atoms with Gasteiger partial charge in [0.1, 0.15) is 9.88 Å². The van der Waals surface area contributed by atoms with Crippen LogP contribution < -0.4 is 5.32 Å². The number of hydrogen-bond donors (Lipinski definition) is 2. The predicted octanol–water partition coefficient (Wildman–Crippen LogP) is 2.08. The number of ether oxygens (including phenoxy) is 2. The number of thioether (sulfide) groups is 1. The van der Waals surface area contributed by atoms with E-state index in [1.165, 1.54) is 26.0 Å². The number of aromatic amines is 1. The molecule has 0 spiro atoms. The number of aromatic nitrogens is 2. The minimum atomic E-state index is -0.632. The monoisotopic (exact) mass is 369 g/mol. The highest BCUT2D eigenvalue weighted by Gasteiger charge is 2.26. The average molecular weight is 369 g/mol. The quantitative estimate of drug-likeness (QED) is 0.592. The zero-order chi connectivity index (χ0) is 17.7. The summed E-state index contributed by atoms with van der Waals surface area (Å²) in [7, 11) is 2.48. The molecular formula is C14H15N3O5S2. The topological polar surface area (TPSA) is 110 Å². The Balaban J connectivity index is 2.19. The van der Waals surface area contributed by atoms with Gasteiger partial charge in [0.15, 0.2) is 5.16 Å². The molecule has 8 nitrogen and oxygen atoms in total. The van der Waals surface area contributed by atoms with Crippen molar-refractivity contribution in [1.29, 1.82) is 0 Å². The van der Waals surface area contributed by atoms with Crippen molar-refractivity contribution in [2.45, 2.75) is 12.1 Å². The molecule has 0 aliphatic rings. The lowest BCUT2D eigenvalue weighted by atomic mass is 10.1. The molecule has 2 N–H and O–H groups in total. The first kappa shape index (κ1) is 18.0. The third-order valence-electron chi connectivity index (χ3n) is 2.97. The number of amides is 1. The van der Waals surface area contributed by atoms with E-state index in [0.29, 0.717) is 10.7 Å². The van der Waals surface area contributed by atoms with Crippen molar-refractivity contribution in [1.82, 2.24) is 9.97 Å². The van der Waals surface area contributed by atoms with Gasteiger partial charge < -0.3 is 19.8 Å². The summed E-state index contributed by atoms with van der Waals surface area (Å²) in [6.07, 6.45) is 3.24. The molecule has 0 atom stereocenters. The van der Waals surface area contributed by atoms with Crippen molar-refractivity contribution in [3.05, 3.63) is 28.4 Å². The number of rotatable bonds is 6. The third kappa shape index (κ3) is 3.95.